The number of halogens is 1. The van der Waals surface area contributed by atoms with Crippen LogP contribution in [0, 0.1) is 6.92 Å². The van der Waals surface area contributed by atoms with E-state index in [1.807, 2.05) is 35.6 Å². The normalized spacial score (nSPS) is 12.1. The number of thiazole rings is 1. The topological polar surface area (TPSA) is 65.8 Å². The molecular formula is C19H20ClN7S. The summed E-state index contributed by atoms with van der Waals surface area (Å²) in [4.78, 5) is 9.80. The van der Waals surface area contributed by atoms with Crippen LogP contribution in [-0.2, 0) is 20.1 Å². The van der Waals surface area contributed by atoms with Crippen LogP contribution < -0.4 is 4.80 Å². The maximum Gasteiger partial charge on any atom is 0.190 e. The zero-order valence-corrected chi connectivity index (χ0v) is 17.4. The Kier molecular flexibility index (Phi) is 5.15. The van der Waals surface area contributed by atoms with Crippen molar-refractivity contribution in [2.75, 3.05) is 0 Å². The van der Waals surface area contributed by atoms with Crippen molar-refractivity contribution in [2.45, 2.75) is 26.9 Å². The van der Waals surface area contributed by atoms with E-state index in [1.54, 1.807) is 29.9 Å². The Morgan fingerprint density at radius 2 is 2.14 bits per heavy atom. The van der Waals surface area contributed by atoms with Crippen molar-refractivity contribution < 1.29 is 0 Å². The van der Waals surface area contributed by atoms with E-state index >= 15 is 0 Å². The zero-order chi connectivity index (χ0) is 19.7. The molecule has 0 aliphatic rings. The maximum atomic E-state index is 6.43. The van der Waals surface area contributed by atoms with Crippen LogP contribution in [-0.4, -0.2) is 29.1 Å². The second-order valence-electron chi connectivity index (χ2n) is 6.41. The molecule has 0 atom stereocenters. The molecule has 0 radical (unpaired) electrons. The average Bonchev–Trinajstić information content (AvgIpc) is 3.37. The summed E-state index contributed by atoms with van der Waals surface area (Å²) >= 11 is 8.00. The highest BCUT2D eigenvalue weighted by Crippen LogP contribution is 2.28. The van der Waals surface area contributed by atoms with Crippen molar-refractivity contribution in [2.24, 2.45) is 12.0 Å². The van der Waals surface area contributed by atoms with Gasteiger partial charge in [-0.2, -0.15) is 10.2 Å². The Morgan fingerprint density at radius 1 is 1.29 bits per heavy atom. The van der Waals surface area contributed by atoms with Crippen LogP contribution >= 0.6 is 22.9 Å². The van der Waals surface area contributed by atoms with Crippen LogP contribution in [0.3, 0.4) is 0 Å². The Morgan fingerprint density at radius 3 is 2.82 bits per heavy atom. The minimum Gasteiger partial charge on any atom is -0.310 e. The summed E-state index contributed by atoms with van der Waals surface area (Å²) < 4.78 is 5.92. The molecule has 0 aliphatic heterocycles. The van der Waals surface area contributed by atoms with E-state index in [0.29, 0.717) is 11.6 Å². The van der Waals surface area contributed by atoms with Crippen molar-refractivity contribution in [3.05, 3.63) is 63.5 Å². The highest BCUT2D eigenvalue weighted by molar-refractivity contribution is 7.07. The monoisotopic (exact) mass is 413 g/mol. The fourth-order valence-electron chi connectivity index (χ4n) is 3.04. The first-order valence-corrected chi connectivity index (χ1v) is 10.2. The lowest BCUT2D eigenvalue weighted by atomic mass is 10.2. The minimum absolute atomic E-state index is 0.612. The van der Waals surface area contributed by atoms with Gasteiger partial charge in [-0.25, -0.2) is 4.99 Å². The van der Waals surface area contributed by atoms with E-state index in [-0.39, 0.29) is 0 Å². The van der Waals surface area contributed by atoms with Crippen LogP contribution in [0.5, 0.6) is 0 Å². The Labute approximate surface area is 171 Å². The van der Waals surface area contributed by atoms with Crippen molar-refractivity contribution in [1.29, 1.82) is 0 Å². The van der Waals surface area contributed by atoms with Gasteiger partial charge in [-0.1, -0.05) is 11.6 Å². The highest BCUT2D eigenvalue weighted by Gasteiger charge is 2.14. The molecule has 9 heteroatoms. The largest absolute Gasteiger partial charge is 0.310 e. The van der Waals surface area contributed by atoms with Gasteiger partial charge in [0, 0.05) is 36.9 Å². The molecule has 0 fully saturated rings. The molecule has 4 aromatic heterocycles. The summed E-state index contributed by atoms with van der Waals surface area (Å²) in [5.41, 5.74) is 4.83. The summed E-state index contributed by atoms with van der Waals surface area (Å²) in [6, 6.07) is 4.01. The Hall–Kier alpha value is -2.71. The van der Waals surface area contributed by atoms with Crippen LogP contribution in [0.2, 0.25) is 5.02 Å². The number of aromatic nitrogens is 6. The van der Waals surface area contributed by atoms with Crippen LogP contribution in [0.1, 0.15) is 18.3 Å². The molecule has 0 aliphatic carbocycles. The molecule has 0 N–H and O–H groups in total. The summed E-state index contributed by atoms with van der Waals surface area (Å²) in [6.45, 7) is 5.49. The van der Waals surface area contributed by atoms with Gasteiger partial charge in [0.2, 0.25) is 0 Å². The standard InChI is InChI=1S/C19H20ClN7S/c1-4-26-10-14(8-22-26)23-19-27(11-15-7-13(2)24-25(15)3)18(12-28-19)16-5-6-21-9-17(16)20/h5-10,12H,4,11H2,1-3H3. The maximum absolute atomic E-state index is 6.43. The van der Waals surface area contributed by atoms with Gasteiger partial charge >= 0.3 is 0 Å². The number of nitrogens with zero attached hydrogens (tertiary/aromatic N) is 7. The van der Waals surface area contributed by atoms with Gasteiger partial charge in [0.15, 0.2) is 4.80 Å². The predicted octanol–water partition coefficient (Wildman–Crippen LogP) is 3.80. The van der Waals surface area contributed by atoms with Crippen molar-refractivity contribution in [1.82, 2.24) is 29.1 Å². The van der Waals surface area contributed by atoms with E-state index in [0.717, 1.165) is 39.7 Å². The number of hydrogen-bond acceptors (Lipinski definition) is 5. The van der Waals surface area contributed by atoms with Gasteiger partial charge in [-0.05, 0) is 26.0 Å². The van der Waals surface area contributed by atoms with Crippen LogP contribution in [0.4, 0.5) is 5.69 Å². The van der Waals surface area contributed by atoms with Gasteiger partial charge in [0.05, 0.1) is 41.0 Å². The zero-order valence-electron chi connectivity index (χ0n) is 15.9. The molecule has 0 saturated heterocycles. The van der Waals surface area contributed by atoms with E-state index in [1.165, 1.54) is 0 Å². The van der Waals surface area contributed by atoms with Gasteiger partial charge in [-0.3, -0.25) is 14.3 Å². The minimum atomic E-state index is 0.612. The first-order valence-electron chi connectivity index (χ1n) is 8.90. The lowest BCUT2D eigenvalue weighted by Crippen LogP contribution is -2.18. The van der Waals surface area contributed by atoms with Gasteiger partial charge < -0.3 is 4.57 Å². The first-order chi connectivity index (χ1) is 13.5. The first kappa shape index (κ1) is 18.6. The number of aryl methyl sites for hydroxylation is 3. The molecule has 144 valence electrons. The molecule has 0 unspecified atom stereocenters. The third-order valence-electron chi connectivity index (χ3n) is 4.43. The molecule has 4 aromatic rings. The molecule has 0 saturated carbocycles. The number of pyridine rings is 1. The van der Waals surface area contributed by atoms with Crippen LogP contribution in [0.15, 0.2) is 47.3 Å². The lowest BCUT2D eigenvalue weighted by Gasteiger charge is -2.10. The molecule has 4 rings (SSSR count). The van der Waals surface area contributed by atoms with Gasteiger partial charge in [0.1, 0.15) is 5.69 Å². The molecule has 28 heavy (non-hydrogen) atoms. The van der Waals surface area contributed by atoms with E-state index < -0.39 is 0 Å². The van der Waals surface area contributed by atoms with Crippen molar-refractivity contribution >= 4 is 28.6 Å². The third-order valence-corrected chi connectivity index (χ3v) is 5.60. The van der Waals surface area contributed by atoms with E-state index in [9.17, 15) is 0 Å². The SMILES string of the molecule is CCn1cc(N=c2scc(-c3ccncc3Cl)n2Cc2cc(C)nn2C)cn1. The van der Waals surface area contributed by atoms with E-state index in [2.05, 4.69) is 38.1 Å². The fraction of sp³-hybridized carbons (Fsp3) is 0.263. The number of rotatable bonds is 5. The predicted molar refractivity (Wildman–Crippen MR) is 111 cm³/mol. The summed E-state index contributed by atoms with van der Waals surface area (Å²) in [6.07, 6.45) is 7.13. The second-order valence-corrected chi connectivity index (χ2v) is 7.66. The van der Waals surface area contributed by atoms with Crippen molar-refractivity contribution in [3.63, 3.8) is 0 Å². The highest BCUT2D eigenvalue weighted by atomic mass is 35.5. The molecular weight excluding hydrogens is 394 g/mol. The average molecular weight is 414 g/mol. The second kappa shape index (κ2) is 7.73. The van der Waals surface area contributed by atoms with Crippen molar-refractivity contribution in [3.8, 4) is 11.3 Å². The van der Waals surface area contributed by atoms with Gasteiger partial charge in [0.25, 0.3) is 0 Å². The third kappa shape index (κ3) is 3.65. The smallest absolute Gasteiger partial charge is 0.190 e. The van der Waals surface area contributed by atoms with Crippen LogP contribution in [0.25, 0.3) is 11.3 Å². The summed E-state index contributed by atoms with van der Waals surface area (Å²) in [5.74, 6) is 0. The molecule has 0 amide bonds. The molecule has 0 bridgehead atoms. The van der Waals surface area contributed by atoms with E-state index in [4.69, 9.17) is 16.6 Å². The van der Waals surface area contributed by atoms with Gasteiger partial charge in [-0.15, -0.1) is 11.3 Å². The Bertz CT molecular complexity index is 1180. The number of hydrogen-bond donors (Lipinski definition) is 0. The summed E-state index contributed by atoms with van der Waals surface area (Å²) in [5, 5.41) is 11.5. The molecule has 7 nitrogen and oxygen atoms in total. The Balaban J connectivity index is 1.87. The molecule has 0 spiro atoms. The quantitative estimate of drug-likeness (QED) is 0.499. The molecule has 4 heterocycles. The lowest BCUT2D eigenvalue weighted by molar-refractivity contribution is 0.657. The molecule has 0 aromatic carbocycles. The summed E-state index contributed by atoms with van der Waals surface area (Å²) in [7, 11) is 1.95. The fourth-order valence-corrected chi connectivity index (χ4v) is 4.17.